The van der Waals surface area contributed by atoms with Crippen LogP contribution in [-0.4, -0.2) is 31.4 Å². The summed E-state index contributed by atoms with van der Waals surface area (Å²) in [6.07, 6.45) is -0.396. The molecule has 0 bridgehead atoms. The Kier molecular flexibility index (Phi) is 5.26. The van der Waals surface area contributed by atoms with Crippen LogP contribution in [0, 0.1) is 13.8 Å². The third kappa shape index (κ3) is 4.29. The Morgan fingerprint density at radius 2 is 2.05 bits per heavy atom. The number of sulfonamides is 1. The smallest absolute Gasteiger partial charge is 0.321 e. The highest BCUT2D eigenvalue weighted by atomic mass is 32.2. The maximum atomic E-state index is 12.1. The first-order valence-electron chi connectivity index (χ1n) is 5.74. The average Bonchev–Trinajstić information content (AvgIpc) is 2.64. The molecule has 1 amide bonds. The van der Waals surface area contributed by atoms with Crippen LogP contribution in [0.4, 0.5) is 0 Å². The van der Waals surface area contributed by atoms with E-state index in [1.807, 2.05) is 0 Å². The molecule has 9 heteroatoms. The number of carboxylic acid groups (broad SMARTS) is 1. The van der Waals surface area contributed by atoms with E-state index in [0.29, 0.717) is 4.88 Å². The molecule has 0 saturated carbocycles. The van der Waals surface area contributed by atoms with Gasteiger partial charge in [-0.1, -0.05) is 0 Å². The number of amides is 1. The number of primary amides is 1. The molecule has 0 aliphatic carbocycles. The van der Waals surface area contributed by atoms with Crippen LogP contribution in [0.15, 0.2) is 11.0 Å². The van der Waals surface area contributed by atoms with Crippen LogP contribution in [0.3, 0.4) is 0 Å². The van der Waals surface area contributed by atoms with Crippen molar-refractivity contribution in [1.29, 1.82) is 0 Å². The van der Waals surface area contributed by atoms with E-state index in [4.69, 9.17) is 10.8 Å². The largest absolute Gasteiger partial charge is 0.480 e. The monoisotopic (exact) mass is 320 g/mol. The zero-order valence-corrected chi connectivity index (χ0v) is 12.7. The number of carbonyl (C=O) groups is 2. The quantitative estimate of drug-likeness (QED) is 0.668. The zero-order valence-electron chi connectivity index (χ0n) is 11.0. The summed E-state index contributed by atoms with van der Waals surface area (Å²) in [4.78, 5) is 23.2. The maximum absolute atomic E-state index is 12.1. The second kappa shape index (κ2) is 6.33. The van der Waals surface area contributed by atoms with E-state index >= 15 is 0 Å². The number of carboxylic acids is 1. The molecule has 0 saturated heterocycles. The third-order valence-electron chi connectivity index (χ3n) is 2.56. The molecule has 1 heterocycles. The van der Waals surface area contributed by atoms with Crippen molar-refractivity contribution in [3.05, 3.63) is 15.8 Å². The number of nitrogens with one attached hydrogen (secondary N) is 1. The fourth-order valence-electron chi connectivity index (χ4n) is 1.64. The van der Waals surface area contributed by atoms with Gasteiger partial charge in [0.1, 0.15) is 6.04 Å². The molecule has 112 valence electrons. The van der Waals surface area contributed by atoms with Gasteiger partial charge in [0.2, 0.25) is 15.9 Å². The molecule has 0 aliphatic rings. The van der Waals surface area contributed by atoms with Crippen LogP contribution in [0.2, 0.25) is 0 Å². The number of carbonyl (C=O) groups excluding carboxylic acids is 1. The van der Waals surface area contributed by atoms with Crippen molar-refractivity contribution in [3.63, 3.8) is 0 Å². The number of hydrogen-bond acceptors (Lipinski definition) is 5. The first kappa shape index (κ1) is 16.6. The summed E-state index contributed by atoms with van der Waals surface area (Å²) in [5.74, 6) is -2.03. The van der Waals surface area contributed by atoms with Gasteiger partial charge >= 0.3 is 5.97 Å². The topological polar surface area (TPSA) is 127 Å². The molecule has 1 aromatic heterocycles. The average molecular weight is 320 g/mol. The minimum absolute atomic E-state index is 0.0605. The van der Waals surface area contributed by atoms with Crippen molar-refractivity contribution < 1.29 is 23.1 Å². The lowest BCUT2D eigenvalue weighted by Gasteiger charge is -2.13. The second-order valence-electron chi connectivity index (χ2n) is 4.29. The van der Waals surface area contributed by atoms with Crippen molar-refractivity contribution in [2.24, 2.45) is 5.73 Å². The van der Waals surface area contributed by atoms with Gasteiger partial charge < -0.3 is 10.8 Å². The number of aryl methyl sites for hydroxylation is 2. The molecule has 0 aromatic carbocycles. The highest BCUT2D eigenvalue weighted by molar-refractivity contribution is 7.89. The first-order valence-corrected chi connectivity index (χ1v) is 8.04. The number of rotatable bonds is 7. The van der Waals surface area contributed by atoms with E-state index in [1.54, 1.807) is 13.8 Å². The fraction of sp³-hybridized carbons (Fsp3) is 0.455. The second-order valence-corrected chi connectivity index (χ2v) is 7.44. The Hall–Kier alpha value is -1.45. The Morgan fingerprint density at radius 1 is 1.45 bits per heavy atom. The van der Waals surface area contributed by atoms with Crippen molar-refractivity contribution in [3.8, 4) is 0 Å². The van der Waals surface area contributed by atoms with Gasteiger partial charge in [-0.15, -0.1) is 11.3 Å². The Balaban J connectivity index is 2.94. The van der Waals surface area contributed by atoms with E-state index < -0.39 is 27.9 Å². The molecular formula is C11H16N2O5S2. The molecule has 20 heavy (non-hydrogen) atoms. The van der Waals surface area contributed by atoms with Crippen LogP contribution in [0.1, 0.15) is 22.6 Å². The SMILES string of the molecule is Cc1cc(S(=O)(=O)N[C@H](CCC(N)=O)C(=O)O)c(C)s1. The highest BCUT2D eigenvalue weighted by Gasteiger charge is 2.27. The maximum Gasteiger partial charge on any atom is 0.321 e. The molecular weight excluding hydrogens is 304 g/mol. The number of hydrogen-bond donors (Lipinski definition) is 3. The predicted molar refractivity (Wildman–Crippen MR) is 74.0 cm³/mol. The fourth-order valence-corrected chi connectivity index (χ4v) is 4.42. The van der Waals surface area contributed by atoms with Crippen LogP contribution in [-0.2, 0) is 19.6 Å². The van der Waals surface area contributed by atoms with Gasteiger partial charge in [0, 0.05) is 16.2 Å². The summed E-state index contributed by atoms with van der Waals surface area (Å²) in [6, 6.07) is 0.0992. The van der Waals surface area contributed by atoms with Crippen LogP contribution < -0.4 is 10.5 Å². The van der Waals surface area contributed by atoms with E-state index in [0.717, 1.165) is 4.88 Å². The lowest BCUT2D eigenvalue weighted by molar-refractivity contribution is -0.139. The van der Waals surface area contributed by atoms with E-state index in [9.17, 15) is 18.0 Å². The summed E-state index contributed by atoms with van der Waals surface area (Å²) in [7, 11) is -3.93. The third-order valence-corrected chi connectivity index (χ3v) is 5.25. The number of aliphatic carboxylic acids is 1. The molecule has 0 radical (unpaired) electrons. The van der Waals surface area contributed by atoms with Crippen molar-refractivity contribution in [2.75, 3.05) is 0 Å². The lowest BCUT2D eigenvalue weighted by atomic mass is 10.2. The first-order chi connectivity index (χ1) is 9.13. The van der Waals surface area contributed by atoms with Crippen LogP contribution >= 0.6 is 11.3 Å². The minimum Gasteiger partial charge on any atom is -0.480 e. The van der Waals surface area contributed by atoms with E-state index in [-0.39, 0.29) is 17.7 Å². The molecule has 1 atom stereocenters. The van der Waals surface area contributed by atoms with Crippen molar-refractivity contribution in [1.82, 2.24) is 4.72 Å². The molecule has 4 N–H and O–H groups in total. The molecule has 0 unspecified atom stereocenters. The summed E-state index contributed by atoms with van der Waals surface area (Å²) >= 11 is 1.31. The van der Waals surface area contributed by atoms with E-state index in [1.165, 1.54) is 17.4 Å². The van der Waals surface area contributed by atoms with Crippen LogP contribution in [0.25, 0.3) is 0 Å². The van der Waals surface area contributed by atoms with Gasteiger partial charge in [0.15, 0.2) is 0 Å². The van der Waals surface area contributed by atoms with Crippen LogP contribution in [0.5, 0.6) is 0 Å². The molecule has 0 spiro atoms. The van der Waals surface area contributed by atoms with Crippen molar-refractivity contribution >= 4 is 33.2 Å². The normalized spacial score (nSPS) is 13.1. The number of nitrogens with two attached hydrogens (primary N) is 1. The van der Waals surface area contributed by atoms with E-state index in [2.05, 4.69) is 4.72 Å². The van der Waals surface area contributed by atoms with Crippen molar-refractivity contribution in [2.45, 2.75) is 37.6 Å². The molecule has 7 nitrogen and oxygen atoms in total. The summed E-state index contributed by atoms with van der Waals surface area (Å²) < 4.78 is 26.4. The molecule has 0 aliphatic heterocycles. The Morgan fingerprint density at radius 3 is 2.45 bits per heavy atom. The summed E-state index contributed by atoms with van der Waals surface area (Å²) in [6.45, 7) is 3.41. The zero-order chi connectivity index (χ0) is 15.5. The highest BCUT2D eigenvalue weighted by Crippen LogP contribution is 2.25. The minimum atomic E-state index is -3.93. The Bertz CT molecular complexity index is 621. The lowest BCUT2D eigenvalue weighted by Crippen LogP contribution is -2.41. The predicted octanol–water partition coefficient (Wildman–Crippen LogP) is 0.362. The number of thiophene rings is 1. The Labute approximate surface area is 120 Å². The van der Waals surface area contributed by atoms with Gasteiger partial charge in [-0.25, -0.2) is 8.42 Å². The standard InChI is InChI=1S/C11H16N2O5S2/c1-6-5-9(7(2)19-6)20(17,18)13-8(11(15)16)3-4-10(12)14/h5,8,13H,3-4H2,1-2H3,(H2,12,14)(H,15,16)/t8-/m1/s1. The molecule has 1 rings (SSSR count). The van der Waals surface area contributed by atoms with Gasteiger partial charge in [-0.3, -0.25) is 9.59 Å². The molecule has 0 fully saturated rings. The van der Waals surface area contributed by atoms with Gasteiger partial charge in [0.05, 0.1) is 4.90 Å². The summed E-state index contributed by atoms with van der Waals surface area (Å²) in [5.41, 5.74) is 4.94. The van der Waals surface area contributed by atoms with Gasteiger partial charge in [-0.2, -0.15) is 4.72 Å². The molecule has 1 aromatic rings. The summed E-state index contributed by atoms with van der Waals surface area (Å²) in [5, 5.41) is 8.99. The van der Waals surface area contributed by atoms with Gasteiger partial charge in [-0.05, 0) is 26.3 Å². The van der Waals surface area contributed by atoms with Gasteiger partial charge in [0.25, 0.3) is 0 Å².